The topological polar surface area (TPSA) is 173 Å². The standard InChI is InChI=1S/C35H49N5O9S/c1-22-19-40(23(2)21-41)34(42)30-18-28(38-50(44,45)33-25(4)37-49-26(33)5)13-16-31(30)48-24(3)10-8-9-17-47-32(22)20-39(6)35(43)36-27-11-14-29(46-7)15-12-27/h11-16,18,22-24,32,38,41H,8-10,17,19-21H2,1-7H3,(H,36,43)/t22-,23+,24+,32+/m0/s1. The fourth-order valence-electron chi connectivity index (χ4n) is 5.76. The summed E-state index contributed by atoms with van der Waals surface area (Å²) in [5.74, 6) is 0.370. The number of hydrogen-bond donors (Lipinski definition) is 3. The summed E-state index contributed by atoms with van der Waals surface area (Å²) >= 11 is 0. The van der Waals surface area contributed by atoms with Gasteiger partial charge in [-0.15, -0.1) is 0 Å². The highest BCUT2D eigenvalue weighted by atomic mass is 32.2. The summed E-state index contributed by atoms with van der Waals surface area (Å²) in [4.78, 5) is 30.6. The number of aliphatic hydroxyl groups excluding tert-OH is 1. The Morgan fingerprint density at radius 1 is 1.14 bits per heavy atom. The molecule has 1 aliphatic rings. The molecule has 50 heavy (non-hydrogen) atoms. The second-order valence-electron chi connectivity index (χ2n) is 12.8. The number of aromatic nitrogens is 1. The second kappa shape index (κ2) is 17.1. The number of benzene rings is 2. The molecule has 0 spiro atoms. The number of fused-ring (bicyclic) bond motifs is 1. The van der Waals surface area contributed by atoms with Gasteiger partial charge in [-0.05, 0) is 89.4 Å². The lowest BCUT2D eigenvalue weighted by molar-refractivity contribution is -0.0115. The van der Waals surface area contributed by atoms with Crippen LogP contribution in [0.1, 0.15) is 61.8 Å². The van der Waals surface area contributed by atoms with Gasteiger partial charge in [0.2, 0.25) is 0 Å². The van der Waals surface area contributed by atoms with E-state index in [4.69, 9.17) is 18.7 Å². The maximum absolute atomic E-state index is 14.4. The third-order valence-corrected chi connectivity index (χ3v) is 10.3. The zero-order chi connectivity index (χ0) is 36.6. The number of urea groups is 1. The minimum absolute atomic E-state index is 0.0770. The van der Waals surface area contributed by atoms with Crippen molar-refractivity contribution < 1.29 is 41.8 Å². The molecule has 0 bridgehead atoms. The normalized spacial score (nSPS) is 19.8. The van der Waals surface area contributed by atoms with Crippen LogP contribution in [0, 0.1) is 19.8 Å². The zero-order valence-corrected chi connectivity index (χ0v) is 30.6. The summed E-state index contributed by atoms with van der Waals surface area (Å²) in [5.41, 5.74) is 1.09. The lowest BCUT2D eigenvalue weighted by Crippen LogP contribution is -2.48. The average Bonchev–Trinajstić information content (AvgIpc) is 3.44. The van der Waals surface area contributed by atoms with Crippen LogP contribution in [0.5, 0.6) is 11.5 Å². The molecule has 0 saturated carbocycles. The van der Waals surface area contributed by atoms with E-state index >= 15 is 0 Å². The Morgan fingerprint density at radius 2 is 1.84 bits per heavy atom. The van der Waals surface area contributed by atoms with E-state index in [9.17, 15) is 23.1 Å². The fourth-order valence-corrected chi connectivity index (χ4v) is 7.14. The van der Waals surface area contributed by atoms with E-state index in [1.165, 1.54) is 30.9 Å². The van der Waals surface area contributed by atoms with Crippen molar-refractivity contribution in [2.45, 2.75) is 77.0 Å². The van der Waals surface area contributed by atoms with E-state index in [0.29, 0.717) is 30.2 Å². The highest BCUT2D eigenvalue weighted by Crippen LogP contribution is 2.30. The number of carbonyl (C=O) groups is 2. The molecule has 0 radical (unpaired) electrons. The summed E-state index contributed by atoms with van der Waals surface area (Å²) < 4.78 is 52.1. The van der Waals surface area contributed by atoms with Crippen LogP contribution < -0.4 is 19.5 Å². The molecule has 15 heteroatoms. The van der Waals surface area contributed by atoms with Gasteiger partial charge in [-0.2, -0.15) is 0 Å². The van der Waals surface area contributed by atoms with Gasteiger partial charge in [0.1, 0.15) is 17.2 Å². The van der Waals surface area contributed by atoms with Crippen LogP contribution in [0.2, 0.25) is 0 Å². The number of hydrogen-bond acceptors (Lipinski definition) is 10. The molecule has 4 atom stereocenters. The van der Waals surface area contributed by atoms with Crippen molar-refractivity contribution in [3.8, 4) is 11.5 Å². The lowest BCUT2D eigenvalue weighted by atomic mass is 10.0. The predicted molar refractivity (Wildman–Crippen MR) is 188 cm³/mol. The Labute approximate surface area is 294 Å². The molecule has 274 valence electrons. The van der Waals surface area contributed by atoms with E-state index in [0.717, 1.165) is 12.8 Å². The molecule has 2 heterocycles. The molecular weight excluding hydrogens is 666 g/mol. The van der Waals surface area contributed by atoms with Crippen LogP contribution in [0.25, 0.3) is 0 Å². The van der Waals surface area contributed by atoms with Crippen molar-refractivity contribution in [3.05, 3.63) is 59.5 Å². The number of sulfonamides is 1. The number of carbonyl (C=O) groups excluding carboxylic acids is 2. The Balaban J connectivity index is 1.62. The van der Waals surface area contributed by atoms with Gasteiger partial charge in [-0.25, -0.2) is 13.2 Å². The summed E-state index contributed by atoms with van der Waals surface area (Å²) in [6.45, 7) is 9.15. The quantitative estimate of drug-likeness (QED) is 0.272. The molecule has 0 unspecified atom stereocenters. The first-order valence-electron chi connectivity index (χ1n) is 16.7. The number of nitrogens with zero attached hydrogens (tertiary/aromatic N) is 3. The molecule has 0 saturated heterocycles. The van der Waals surface area contributed by atoms with Crippen LogP contribution in [0.15, 0.2) is 51.9 Å². The summed E-state index contributed by atoms with van der Waals surface area (Å²) in [5, 5.41) is 16.9. The van der Waals surface area contributed by atoms with Gasteiger partial charge in [0, 0.05) is 44.0 Å². The van der Waals surface area contributed by atoms with E-state index in [-0.39, 0.29) is 65.3 Å². The van der Waals surface area contributed by atoms with Crippen LogP contribution >= 0.6 is 0 Å². The first kappa shape index (κ1) is 38.5. The van der Waals surface area contributed by atoms with E-state index < -0.39 is 28.1 Å². The number of nitrogens with one attached hydrogen (secondary N) is 2. The molecule has 14 nitrogen and oxygen atoms in total. The monoisotopic (exact) mass is 715 g/mol. The maximum atomic E-state index is 14.4. The summed E-state index contributed by atoms with van der Waals surface area (Å²) in [6.07, 6.45) is 1.51. The van der Waals surface area contributed by atoms with Gasteiger partial charge in [0.25, 0.3) is 15.9 Å². The molecule has 0 fully saturated rings. The Morgan fingerprint density at radius 3 is 2.48 bits per heavy atom. The third kappa shape index (κ3) is 9.67. The highest BCUT2D eigenvalue weighted by Gasteiger charge is 2.32. The Bertz CT molecular complexity index is 1690. The number of amides is 3. The zero-order valence-electron chi connectivity index (χ0n) is 29.8. The molecule has 2 aromatic carbocycles. The van der Waals surface area contributed by atoms with Crippen molar-refractivity contribution in [3.63, 3.8) is 0 Å². The largest absolute Gasteiger partial charge is 0.497 e. The first-order valence-corrected chi connectivity index (χ1v) is 18.2. The Kier molecular flexibility index (Phi) is 13.1. The first-order chi connectivity index (χ1) is 23.7. The fraction of sp³-hybridized carbons (Fsp3) is 0.514. The summed E-state index contributed by atoms with van der Waals surface area (Å²) in [6, 6.07) is 10.6. The molecule has 1 aliphatic heterocycles. The number of rotatable bonds is 9. The van der Waals surface area contributed by atoms with Crippen molar-refractivity contribution >= 4 is 33.3 Å². The number of aryl methyl sites for hydroxylation is 2. The highest BCUT2D eigenvalue weighted by molar-refractivity contribution is 7.92. The Hall–Kier alpha value is -4.34. The smallest absolute Gasteiger partial charge is 0.321 e. The van der Waals surface area contributed by atoms with Crippen molar-refractivity contribution in [1.82, 2.24) is 15.0 Å². The molecule has 1 aromatic heterocycles. The SMILES string of the molecule is COc1ccc(NC(=O)N(C)C[C@H]2OCCCC[C@@H](C)Oc3ccc(NS(=O)(=O)c4c(C)noc4C)cc3C(=O)N([C@H](C)CO)C[C@@H]2C)cc1. The van der Waals surface area contributed by atoms with Crippen LogP contribution in [-0.2, 0) is 14.8 Å². The van der Waals surface area contributed by atoms with Gasteiger partial charge >= 0.3 is 6.03 Å². The van der Waals surface area contributed by atoms with Gasteiger partial charge in [-0.3, -0.25) is 9.52 Å². The van der Waals surface area contributed by atoms with Crippen LogP contribution in [0.3, 0.4) is 0 Å². The predicted octanol–water partition coefficient (Wildman–Crippen LogP) is 5.06. The lowest BCUT2D eigenvalue weighted by Gasteiger charge is -2.35. The molecule has 3 aromatic rings. The van der Waals surface area contributed by atoms with Crippen LogP contribution in [-0.4, -0.2) is 99.1 Å². The third-order valence-electron chi connectivity index (χ3n) is 8.68. The molecule has 0 aliphatic carbocycles. The molecular formula is C35H49N5O9S. The molecule has 3 amide bonds. The van der Waals surface area contributed by atoms with E-state index in [1.54, 1.807) is 56.3 Å². The minimum Gasteiger partial charge on any atom is -0.497 e. The summed E-state index contributed by atoms with van der Waals surface area (Å²) in [7, 11) is -0.846. The molecule has 3 N–H and O–H groups in total. The maximum Gasteiger partial charge on any atom is 0.321 e. The number of anilines is 2. The van der Waals surface area contributed by atoms with Gasteiger partial charge in [0.05, 0.1) is 37.5 Å². The van der Waals surface area contributed by atoms with E-state index in [1.807, 2.05) is 13.8 Å². The van der Waals surface area contributed by atoms with Gasteiger partial charge in [0.15, 0.2) is 10.7 Å². The van der Waals surface area contributed by atoms with Crippen molar-refractivity contribution in [1.29, 1.82) is 0 Å². The number of methoxy groups -OCH3 is 1. The van der Waals surface area contributed by atoms with Crippen molar-refractivity contribution in [2.75, 3.05) is 50.5 Å². The van der Waals surface area contributed by atoms with E-state index in [2.05, 4.69) is 15.2 Å². The second-order valence-corrected chi connectivity index (χ2v) is 14.4. The number of likely N-dealkylation sites (N-methyl/N-ethyl adjacent to an activating group) is 1. The minimum atomic E-state index is -4.10. The average molecular weight is 716 g/mol. The van der Waals surface area contributed by atoms with Gasteiger partial charge in [-0.1, -0.05) is 12.1 Å². The van der Waals surface area contributed by atoms with Crippen LogP contribution in [0.4, 0.5) is 16.2 Å². The number of ether oxygens (including phenoxy) is 3. The number of aliphatic hydroxyl groups is 1. The van der Waals surface area contributed by atoms with Gasteiger partial charge < -0.3 is 39.0 Å². The van der Waals surface area contributed by atoms with Crippen molar-refractivity contribution in [2.24, 2.45) is 5.92 Å². The molecule has 4 rings (SSSR count).